The Morgan fingerprint density at radius 2 is 1.97 bits per heavy atom. The van der Waals surface area contributed by atoms with E-state index in [0.717, 1.165) is 26.3 Å². The number of benzene rings is 2. The van der Waals surface area contributed by atoms with Gasteiger partial charge in [-0.1, -0.05) is 35.7 Å². The highest BCUT2D eigenvalue weighted by Gasteiger charge is 2.33. The van der Waals surface area contributed by atoms with Gasteiger partial charge in [0.2, 0.25) is 5.91 Å². The lowest BCUT2D eigenvalue weighted by Gasteiger charge is -2.06. The van der Waals surface area contributed by atoms with Crippen molar-refractivity contribution in [1.29, 1.82) is 0 Å². The summed E-state index contributed by atoms with van der Waals surface area (Å²) < 4.78 is 7.08. The second-order valence-corrected chi connectivity index (χ2v) is 10.1. The number of thiazole rings is 1. The van der Waals surface area contributed by atoms with Crippen molar-refractivity contribution in [3.05, 3.63) is 54.1 Å². The standard InChI is InChI=1S/C21H16N4O5S3/c26-17(11-31-21-23-14-3-1-2-4-15(14)33-21)25-22-10-12-5-7-13(8-6-12)30-18(27)9-16-19(28)24-20(29)32-16/h1-8,10,16H,9,11H2,(H,25,26)(H,24,28,29)/b22-10+. The number of hydrogen-bond acceptors (Lipinski definition) is 10. The zero-order valence-electron chi connectivity index (χ0n) is 16.8. The van der Waals surface area contributed by atoms with Gasteiger partial charge in [0.25, 0.3) is 11.1 Å². The molecule has 168 valence electrons. The number of aromatic nitrogens is 1. The van der Waals surface area contributed by atoms with Gasteiger partial charge in [0, 0.05) is 0 Å². The number of nitrogens with zero attached hydrogens (tertiary/aromatic N) is 2. The van der Waals surface area contributed by atoms with Crippen LogP contribution >= 0.6 is 34.9 Å². The molecule has 1 unspecified atom stereocenters. The molecule has 1 aromatic heterocycles. The van der Waals surface area contributed by atoms with E-state index in [1.165, 1.54) is 29.3 Å². The van der Waals surface area contributed by atoms with Gasteiger partial charge in [-0.2, -0.15) is 5.10 Å². The normalized spacial score (nSPS) is 15.7. The molecule has 1 aliphatic rings. The number of amides is 3. The van der Waals surface area contributed by atoms with Crippen LogP contribution in [0.5, 0.6) is 5.75 Å². The van der Waals surface area contributed by atoms with Gasteiger partial charge in [-0.3, -0.25) is 24.5 Å². The number of carbonyl (C=O) groups excluding carboxylic acids is 4. The molecule has 1 saturated heterocycles. The van der Waals surface area contributed by atoms with E-state index in [1.54, 1.807) is 24.3 Å². The van der Waals surface area contributed by atoms with Crippen molar-refractivity contribution in [3.8, 4) is 5.75 Å². The first-order valence-electron chi connectivity index (χ1n) is 9.59. The first kappa shape index (κ1) is 23.0. The van der Waals surface area contributed by atoms with E-state index in [4.69, 9.17) is 4.74 Å². The van der Waals surface area contributed by atoms with Crippen LogP contribution in [0.25, 0.3) is 10.2 Å². The number of esters is 1. The first-order chi connectivity index (χ1) is 16.0. The lowest BCUT2D eigenvalue weighted by Crippen LogP contribution is -2.27. The fourth-order valence-electron chi connectivity index (χ4n) is 2.73. The first-order valence-corrected chi connectivity index (χ1v) is 12.3. The number of fused-ring (bicyclic) bond motifs is 1. The molecule has 2 aromatic carbocycles. The van der Waals surface area contributed by atoms with Crippen LogP contribution in [0.2, 0.25) is 0 Å². The Balaban J connectivity index is 1.20. The van der Waals surface area contributed by atoms with E-state index in [0.29, 0.717) is 11.3 Å². The summed E-state index contributed by atoms with van der Waals surface area (Å²) in [6.07, 6.45) is 1.27. The summed E-state index contributed by atoms with van der Waals surface area (Å²) in [5.41, 5.74) is 4.06. The molecular weight excluding hydrogens is 484 g/mol. The third kappa shape index (κ3) is 6.40. The minimum absolute atomic E-state index is 0.189. The molecule has 9 nitrogen and oxygen atoms in total. The molecule has 33 heavy (non-hydrogen) atoms. The highest BCUT2D eigenvalue weighted by molar-refractivity contribution is 8.15. The molecule has 0 spiro atoms. The molecule has 0 saturated carbocycles. The van der Waals surface area contributed by atoms with Gasteiger partial charge >= 0.3 is 5.97 Å². The average molecular weight is 501 g/mol. The molecule has 1 atom stereocenters. The third-order valence-corrected chi connectivity index (χ3v) is 7.40. The zero-order chi connectivity index (χ0) is 23.2. The van der Waals surface area contributed by atoms with Gasteiger partial charge in [0.15, 0.2) is 4.34 Å². The number of hydrogen-bond donors (Lipinski definition) is 2. The Labute approximate surface area is 200 Å². The van der Waals surface area contributed by atoms with Crippen molar-refractivity contribution in [1.82, 2.24) is 15.7 Å². The van der Waals surface area contributed by atoms with Crippen molar-refractivity contribution in [2.24, 2.45) is 5.10 Å². The number of rotatable bonds is 8. The summed E-state index contributed by atoms with van der Waals surface area (Å²) in [6.45, 7) is 0. The fourth-order valence-corrected chi connectivity index (χ4v) is 5.39. The van der Waals surface area contributed by atoms with Crippen molar-refractivity contribution in [3.63, 3.8) is 0 Å². The number of thioether (sulfide) groups is 2. The quantitative estimate of drug-likeness (QED) is 0.159. The zero-order valence-corrected chi connectivity index (χ0v) is 19.3. The van der Waals surface area contributed by atoms with Gasteiger partial charge < -0.3 is 4.74 Å². The van der Waals surface area contributed by atoms with Gasteiger partial charge in [-0.15, -0.1) is 11.3 Å². The Kier molecular flexibility index (Phi) is 7.37. The monoisotopic (exact) mass is 500 g/mol. The summed E-state index contributed by atoms with van der Waals surface area (Å²) in [7, 11) is 0. The maximum atomic E-state index is 12.0. The minimum Gasteiger partial charge on any atom is -0.426 e. The van der Waals surface area contributed by atoms with Gasteiger partial charge in [0.1, 0.15) is 11.0 Å². The van der Waals surface area contributed by atoms with Crippen molar-refractivity contribution < 1.29 is 23.9 Å². The summed E-state index contributed by atoms with van der Waals surface area (Å²) in [5.74, 6) is -0.878. The maximum Gasteiger partial charge on any atom is 0.312 e. The molecule has 0 aliphatic carbocycles. The van der Waals surface area contributed by atoms with E-state index in [2.05, 4.69) is 20.8 Å². The van der Waals surface area contributed by atoms with E-state index in [-0.39, 0.29) is 18.1 Å². The molecule has 2 N–H and O–H groups in total. The van der Waals surface area contributed by atoms with E-state index in [9.17, 15) is 19.2 Å². The fraction of sp³-hybridized carbons (Fsp3) is 0.143. The topological polar surface area (TPSA) is 127 Å². The number of imide groups is 1. The lowest BCUT2D eigenvalue weighted by atomic mass is 10.2. The van der Waals surface area contributed by atoms with E-state index < -0.39 is 22.4 Å². The number of hydrazone groups is 1. The summed E-state index contributed by atoms with van der Waals surface area (Å²) in [5, 5.41) is 4.81. The van der Waals surface area contributed by atoms with Crippen LogP contribution in [0, 0.1) is 0 Å². The smallest absolute Gasteiger partial charge is 0.312 e. The Morgan fingerprint density at radius 3 is 2.70 bits per heavy atom. The minimum atomic E-state index is -0.771. The van der Waals surface area contributed by atoms with Crippen LogP contribution in [0.1, 0.15) is 12.0 Å². The molecule has 0 bridgehead atoms. The molecule has 1 aliphatic heterocycles. The number of ether oxygens (including phenoxy) is 1. The molecule has 2 heterocycles. The summed E-state index contributed by atoms with van der Waals surface area (Å²) in [6, 6.07) is 14.3. The van der Waals surface area contributed by atoms with Crippen LogP contribution in [0.3, 0.4) is 0 Å². The van der Waals surface area contributed by atoms with Crippen LogP contribution in [0.15, 0.2) is 58.0 Å². The van der Waals surface area contributed by atoms with Gasteiger partial charge in [-0.05, 0) is 42.0 Å². The molecular formula is C21H16N4O5S3. The number of para-hydroxylation sites is 1. The van der Waals surface area contributed by atoms with Crippen LogP contribution < -0.4 is 15.5 Å². The molecule has 0 radical (unpaired) electrons. The predicted molar refractivity (Wildman–Crippen MR) is 128 cm³/mol. The van der Waals surface area contributed by atoms with Crippen LogP contribution in [0.4, 0.5) is 4.79 Å². The summed E-state index contributed by atoms with van der Waals surface area (Å²) >= 11 is 3.66. The molecule has 3 aromatic rings. The highest BCUT2D eigenvalue weighted by atomic mass is 32.2. The number of nitrogens with one attached hydrogen (secondary N) is 2. The van der Waals surface area contributed by atoms with E-state index >= 15 is 0 Å². The average Bonchev–Trinajstić information content (AvgIpc) is 3.35. The Morgan fingerprint density at radius 1 is 1.18 bits per heavy atom. The van der Waals surface area contributed by atoms with Crippen molar-refractivity contribution >= 4 is 74.3 Å². The molecule has 3 amide bonds. The SMILES string of the molecule is O=C(CSc1nc2ccccc2s1)N/N=C/c1ccc(OC(=O)CC2SC(=O)NC2=O)cc1. The number of carbonyl (C=O) groups is 4. The van der Waals surface area contributed by atoms with Crippen molar-refractivity contribution in [2.75, 3.05) is 5.75 Å². The molecule has 12 heteroatoms. The van der Waals surface area contributed by atoms with Crippen LogP contribution in [-0.2, 0) is 14.4 Å². The summed E-state index contributed by atoms with van der Waals surface area (Å²) in [4.78, 5) is 51.1. The van der Waals surface area contributed by atoms with Gasteiger partial charge in [-0.25, -0.2) is 10.4 Å². The lowest BCUT2D eigenvalue weighted by molar-refractivity contribution is -0.135. The molecule has 4 rings (SSSR count). The van der Waals surface area contributed by atoms with Crippen molar-refractivity contribution in [2.45, 2.75) is 16.0 Å². The van der Waals surface area contributed by atoms with Crippen LogP contribution in [-0.4, -0.2) is 45.2 Å². The Bertz CT molecular complexity index is 1210. The third-order valence-electron chi connectivity index (χ3n) is 4.23. The maximum absolute atomic E-state index is 12.0. The van der Waals surface area contributed by atoms with E-state index in [1.807, 2.05) is 24.3 Å². The highest BCUT2D eigenvalue weighted by Crippen LogP contribution is 2.29. The second-order valence-electron chi connectivity index (χ2n) is 6.66. The second kappa shape index (κ2) is 10.6. The predicted octanol–water partition coefficient (Wildman–Crippen LogP) is 3.19. The largest absolute Gasteiger partial charge is 0.426 e. The molecule has 1 fully saturated rings. The Hall–Kier alpha value is -3.22. The van der Waals surface area contributed by atoms with Gasteiger partial charge in [0.05, 0.1) is 28.6 Å².